The molecule has 2 aromatic rings. The van der Waals surface area contributed by atoms with E-state index in [1.165, 1.54) is 44.1 Å². The predicted octanol–water partition coefficient (Wildman–Crippen LogP) is 3.10. The third-order valence-electron chi connectivity index (χ3n) is 5.41. The fourth-order valence-electron chi connectivity index (χ4n) is 3.50. The monoisotopic (exact) mass is 398 g/mol. The van der Waals surface area contributed by atoms with Crippen LogP contribution in [0.15, 0.2) is 35.3 Å². The Kier molecular flexibility index (Phi) is 8.49. The van der Waals surface area contributed by atoms with Crippen LogP contribution in [0.2, 0.25) is 0 Å². The van der Waals surface area contributed by atoms with Crippen LogP contribution in [0.1, 0.15) is 55.7 Å². The summed E-state index contributed by atoms with van der Waals surface area (Å²) in [6.07, 6.45) is 8.08. The van der Waals surface area contributed by atoms with E-state index < -0.39 is 0 Å². The molecule has 7 nitrogen and oxygen atoms in total. The average Bonchev–Trinajstić information content (AvgIpc) is 2.93. The highest BCUT2D eigenvalue weighted by Gasteiger charge is 2.12. The van der Waals surface area contributed by atoms with Gasteiger partial charge >= 0.3 is 0 Å². The Morgan fingerprint density at radius 1 is 1.10 bits per heavy atom. The average molecular weight is 399 g/mol. The maximum atomic E-state index is 6.09. The van der Waals surface area contributed by atoms with Crippen molar-refractivity contribution in [3.8, 4) is 0 Å². The molecule has 7 heteroatoms. The normalized spacial score (nSPS) is 15.9. The van der Waals surface area contributed by atoms with Crippen LogP contribution in [0.4, 0.5) is 0 Å². The van der Waals surface area contributed by atoms with E-state index >= 15 is 0 Å². The van der Waals surface area contributed by atoms with Crippen LogP contribution < -0.4 is 10.6 Å². The van der Waals surface area contributed by atoms with Gasteiger partial charge in [-0.25, -0.2) is 4.99 Å². The second kappa shape index (κ2) is 11.6. The van der Waals surface area contributed by atoms with Crippen LogP contribution in [0.5, 0.6) is 0 Å². The third-order valence-corrected chi connectivity index (χ3v) is 5.41. The Labute approximate surface area is 174 Å². The zero-order valence-electron chi connectivity index (χ0n) is 17.7. The lowest BCUT2D eigenvalue weighted by Crippen LogP contribution is -2.39. The summed E-state index contributed by atoms with van der Waals surface area (Å²) in [6.45, 7) is 4.57. The van der Waals surface area contributed by atoms with Crippen molar-refractivity contribution in [1.82, 2.24) is 25.4 Å². The highest BCUT2D eigenvalue weighted by molar-refractivity contribution is 5.79. The van der Waals surface area contributed by atoms with E-state index in [1.54, 1.807) is 0 Å². The number of aryl methyl sites for hydroxylation is 1. The molecule has 0 atom stereocenters. The number of benzene rings is 1. The van der Waals surface area contributed by atoms with Crippen LogP contribution in [0.3, 0.4) is 0 Å². The summed E-state index contributed by atoms with van der Waals surface area (Å²) in [5.74, 6) is 2.54. The first-order chi connectivity index (χ1) is 14.2. The molecule has 0 radical (unpaired) electrons. The molecule has 1 aromatic heterocycles. The lowest BCUT2D eigenvalue weighted by Gasteiger charge is -2.17. The Bertz CT molecular complexity index is 750. The summed E-state index contributed by atoms with van der Waals surface area (Å²) in [6, 6.07) is 10.3. The van der Waals surface area contributed by atoms with Crippen molar-refractivity contribution in [2.24, 2.45) is 12.0 Å². The van der Waals surface area contributed by atoms with Gasteiger partial charge in [-0.1, -0.05) is 56.0 Å². The molecule has 0 aliphatic heterocycles. The fraction of sp³-hybridized carbons (Fsp3) is 0.591. The van der Waals surface area contributed by atoms with Gasteiger partial charge in [0.05, 0.1) is 25.8 Å². The quantitative estimate of drug-likeness (QED) is 0.309. The lowest BCUT2D eigenvalue weighted by atomic mass is 10.1. The summed E-state index contributed by atoms with van der Waals surface area (Å²) in [5, 5.41) is 15.1. The summed E-state index contributed by atoms with van der Waals surface area (Å²) in [5.41, 5.74) is 1.18. The Hall–Kier alpha value is -2.41. The molecule has 1 heterocycles. The maximum Gasteiger partial charge on any atom is 0.192 e. The summed E-state index contributed by atoms with van der Waals surface area (Å²) in [7, 11) is 1.97. The molecule has 0 saturated heterocycles. The van der Waals surface area contributed by atoms with Gasteiger partial charge in [-0.3, -0.25) is 0 Å². The van der Waals surface area contributed by atoms with Crippen LogP contribution in [0, 0.1) is 6.92 Å². The number of guanidine groups is 1. The molecular weight excluding hydrogens is 364 g/mol. The smallest absolute Gasteiger partial charge is 0.192 e. The number of hydrogen-bond acceptors (Lipinski definition) is 4. The topological polar surface area (TPSA) is 76.4 Å². The van der Waals surface area contributed by atoms with Gasteiger partial charge in [-0.2, -0.15) is 0 Å². The van der Waals surface area contributed by atoms with Gasteiger partial charge in [0, 0.05) is 13.6 Å². The van der Waals surface area contributed by atoms with Gasteiger partial charge in [-0.05, 0) is 25.3 Å². The van der Waals surface area contributed by atoms with Crippen LogP contribution in [-0.4, -0.2) is 40.0 Å². The molecule has 1 saturated carbocycles. The zero-order chi connectivity index (χ0) is 20.3. The number of aliphatic imine (C=N–C) groups is 1. The Morgan fingerprint density at radius 2 is 1.86 bits per heavy atom. The van der Waals surface area contributed by atoms with Crippen LogP contribution >= 0.6 is 0 Å². The number of aromatic nitrogens is 3. The van der Waals surface area contributed by atoms with Gasteiger partial charge in [0.1, 0.15) is 5.82 Å². The molecule has 0 unspecified atom stereocenters. The number of rotatable bonds is 8. The molecule has 0 bridgehead atoms. The molecule has 29 heavy (non-hydrogen) atoms. The Balaban J connectivity index is 1.51. The highest BCUT2D eigenvalue weighted by atomic mass is 16.5. The minimum Gasteiger partial charge on any atom is -0.376 e. The van der Waals surface area contributed by atoms with Gasteiger partial charge in [0.2, 0.25) is 0 Å². The summed E-state index contributed by atoms with van der Waals surface area (Å²) < 4.78 is 8.07. The van der Waals surface area contributed by atoms with E-state index in [0.29, 0.717) is 25.8 Å². The maximum absolute atomic E-state index is 6.09. The van der Waals surface area contributed by atoms with Crippen LogP contribution in [0.25, 0.3) is 0 Å². The molecule has 2 N–H and O–H groups in total. The van der Waals surface area contributed by atoms with Crippen molar-refractivity contribution < 1.29 is 4.74 Å². The van der Waals surface area contributed by atoms with Crippen molar-refractivity contribution in [1.29, 1.82) is 0 Å². The minimum atomic E-state index is 0.415. The first-order valence-corrected chi connectivity index (χ1v) is 10.7. The van der Waals surface area contributed by atoms with Gasteiger partial charge < -0.3 is 19.9 Å². The lowest BCUT2D eigenvalue weighted by molar-refractivity contribution is 0.0468. The van der Waals surface area contributed by atoms with Crippen molar-refractivity contribution in [2.75, 3.05) is 13.2 Å². The van der Waals surface area contributed by atoms with Gasteiger partial charge in [0.15, 0.2) is 11.8 Å². The van der Waals surface area contributed by atoms with Crippen molar-refractivity contribution in [2.45, 2.75) is 64.6 Å². The summed E-state index contributed by atoms with van der Waals surface area (Å²) >= 11 is 0. The molecular formula is C22H34N6O. The molecule has 0 spiro atoms. The minimum absolute atomic E-state index is 0.415. The number of ether oxygens (including phenoxy) is 1. The first kappa shape index (κ1) is 21.3. The fourth-order valence-corrected chi connectivity index (χ4v) is 3.50. The van der Waals surface area contributed by atoms with E-state index in [0.717, 1.165) is 24.2 Å². The molecule has 3 rings (SSSR count). The molecule has 0 amide bonds. The van der Waals surface area contributed by atoms with Crippen molar-refractivity contribution in [3.63, 3.8) is 0 Å². The van der Waals surface area contributed by atoms with E-state index in [4.69, 9.17) is 9.73 Å². The highest BCUT2D eigenvalue weighted by Crippen LogP contribution is 2.19. The second-order valence-electron chi connectivity index (χ2n) is 7.64. The van der Waals surface area contributed by atoms with E-state index in [1.807, 2.05) is 36.7 Å². The number of nitrogens with one attached hydrogen (secondary N) is 2. The SMILES string of the molecule is Cc1nnc(CNC(=NCc2ccccc2)NCCOC2CCCCCC2)n1C. The Morgan fingerprint density at radius 3 is 2.55 bits per heavy atom. The molecule has 1 aliphatic carbocycles. The van der Waals surface area contributed by atoms with Gasteiger partial charge in [-0.15, -0.1) is 10.2 Å². The van der Waals surface area contributed by atoms with Crippen LogP contribution in [-0.2, 0) is 24.9 Å². The largest absolute Gasteiger partial charge is 0.376 e. The molecule has 158 valence electrons. The molecule has 1 fully saturated rings. The van der Waals surface area contributed by atoms with Gasteiger partial charge in [0.25, 0.3) is 0 Å². The van der Waals surface area contributed by atoms with E-state index in [9.17, 15) is 0 Å². The third kappa shape index (κ3) is 7.16. The predicted molar refractivity (Wildman–Crippen MR) is 116 cm³/mol. The van der Waals surface area contributed by atoms with Crippen molar-refractivity contribution in [3.05, 3.63) is 47.5 Å². The number of nitrogens with zero attached hydrogens (tertiary/aromatic N) is 4. The number of hydrogen-bond donors (Lipinski definition) is 2. The first-order valence-electron chi connectivity index (χ1n) is 10.7. The molecule has 1 aromatic carbocycles. The summed E-state index contributed by atoms with van der Waals surface area (Å²) in [4.78, 5) is 4.73. The van der Waals surface area contributed by atoms with Crippen molar-refractivity contribution >= 4 is 5.96 Å². The van der Waals surface area contributed by atoms with E-state index in [-0.39, 0.29) is 0 Å². The zero-order valence-corrected chi connectivity index (χ0v) is 17.7. The molecule has 1 aliphatic rings. The standard InChI is InChI=1S/C22H34N6O/c1-18-26-27-21(28(18)2)17-25-22(24-16-19-10-6-5-7-11-19)23-14-15-29-20-12-8-3-4-9-13-20/h5-7,10-11,20H,3-4,8-9,12-17H2,1-2H3,(H2,23,24,25). The second-order valence-corrected chi connectivity index (χ2v) is 7.64. The van der Waals surface area contributed by atoms with E-state index in [2.05, 4.69) is 33.0 Å².